The first-order valence-electron chi connectivity index (χ1n) is 9.78. The molecule has 2 fully saturated rings. The first-order chi connectivity index (χ1) is 12.6. The number of nitrogens with zero attached hydrogens (tertiary/aromatic N) is 2. The van der Waals surface area contributed by atoms with Crippen LogP contribution in [0.15, 0.2) is 23.1 Å². The van der Waals surface area contributed by atoms with E-state index >= 15 is 0 Å². The molecule has 2 N–H and O–H groups in total. The molecule has 0 bridgehead atoms. The zero-order valence-electron chi connectivity index (χ0n) is 17.0. The molecule has 8 heteroatoms. The molecule has 3 rings (SSSR count). The number of rotatable bonds is 3. The van der Waals surface area contributed by atoms with Gasteiger partial charge in [-0.05, 0) is 56.9 Å². The summed E-state index contributed by atoms with van der Waals surface area (Å²) < 4.78 is 27.4. The quantitative estimate of drug-likeness (QED) is 0.799. The summed E-state index contributed by atoms with van der Waals surface area (Å²) in [6.45, 7) is 7.36. The summed E-state index contributed by atoms with van der Waals surface area (Å²) in [5.74, 6) is -0.0721. The third-order valence-electron chi connectivity index (χ3n) is 6.22. The molecule has 158 valence electrons. The lowest BCUT2D eigenvalue weighted by molar-refractivity contribution is -0.140. The number of aryl methyl sites for hydroxylation is 2. The average molecular weight is 430 g/mol. The molecule has 1 amide bonds. The molecular formula is C20H32ClN3O3S. The minimum Gasteiger partial charge on any atom is -0.340 e. The molecular weight excluding hydrogens is 398 g/mol. The molecule has 0 aromatic heterocycles. The van der Waals surface area contributed by atoms with Gasteiger partial charge in [-0.2, -0.15) is 4.31 Å². The van der Waals surface area contributed by atoms with Crippen LogP contribution in [0.2, 0.25) is 0 Å². The summed E-state index contributed by atoms with van der Waals surface area (Å²) in [5.41, 5.74) is 7.95. The van der Waals surface area contributed by atoms with Crippen LogP contribution in [0.3, 0.4) is 0 Å². The summed E-state index contributed by atoms with van der Waals surface area (Å²) >= 11 is 0. The van der Waals surface area contributed by atoms with Crippen molar-refractivity contribution in [2.75, 3.05) is 26.2 Å². The second kappa shape index (κ2) is 8.69. The van der Waals surface area contributed by atoms with E-state index < -0.39 is 15.6 Å². The van der Waals surface area contributed by atoms with E-state index in [0.29, 0.717) is 31.1 Å². The normalized spacial score (nSPS) is 26.6. The second-order valence-corrected chi connectivity index (χ2v) is 10.2. The monoisotopic (exact) mass is 429 g/mol. The largest absolute Gasteiger partial charge is 0.340 e. The fourth-order valence-corrected chi connectivity index (χ4v) is 5.66. The van der Waals surface area contributed by atoms with Crippen molar-refractivity contribution >= 4 is 28.3 Å². The molecule has 2 atom stereocenters. The molecule has 1 aliphatic heterocycles. The van der Waals surface area contributed by atoms with Gasteiger partial charge in [0.25, 0.3) is 0 Å². The predicted molar refractivity (Wildman–Crippen MR) is 113 cm³/mol. The van der Waals surface area contributed by atoms with Crippen molar-refractivity contribution in [1.29, 1.82) is 0 Å². The molecule has 1 aliphatic carbocycles. The van der Waals surface area contributed by atoms with E-state index in [1.54, 1.807) is 17.0 Å². The van der Waals surface area contributed by atoms with Gasteiger partial charge >= 0.3 is 0 Å². The average Bonchev–Trinajstić information content (AvgIpc) is 2.63. The number of hydrogen-bond acceptors (Lipinski definition) is 4. The van der Waals surface area contributed by atoms with Gasteiger partial charge in [-0.3, -0.25) is 4.79 Å². The van der Waals surface area contributed by atoms with E-state index in [0.717, 1.165) is 36.8 Å². The maximum atomic E-state index is 13.0. The van der Waals surface area contributed by atoms with E-state index in [2.05, 4.69) is 0 Å². The van der Waals surface area contributed by atoms with Crippen LogP contribution >= 0.6 is 12.4 Å². The maximum Gasteiger partial charge on any atom is 0.243 e. The van der Waals surface area contributed by atoms with Crippen molar-refractivity contribution in [3.63, 3.8) is 0 Å². The van der Waals surface area contributed by atoms with Crippen LogP contribution in [0.1, 0.15) is 43.7 Å². The number of hydrogen-bond donors (Lipinski definition) is 1. The van der Waals surface area contributed by atoms with Crippen LogP contribution < -0.4 is 5.73 Å². The Hall–Kier alpha value is -1.15. The standard InChI is InChI=1S/C20H31N3O3S.ClH/c1-15-7-8-17(14-16(15)2)27(25,26)23-12-10-22(11-13-23)19(24)18-6-4-5-9-20(18,3)21;/h7-8,14,18H,4-6,9-13,21H2,1-3H3;1H. The lowest BCUT2D eigenvalue weighted by Gasteiger charge is -2.42. The van der Waals surface area contributed by atoms with E-state index in [9.17, 15) is 13.2 Å². The Bertz CT molecular complexity index is 818. The molecule has 28 heavy (non-hydrogen) atoms. The third kappa shape index (κ3) is 4.53. The molecule has 2 aliphatic rings. The van der Waals surface area contributed by atoms with E-state index in [4.69, 9.17) is 5.73 Å². The minimum absolute atomic E-state index is 0. The van der Waals surface area contributed by atoms with Crippen LogP contribution in [-0.4, -0.2) is 55.2 Å². The molecule has 1 aromatic carbocycles. The fraction of sp³-hybridized carbons (Fsp3) is 0.650. The first-order valence-corrected chi connectivity index (χ1v) is 11.2. The summed E-state index contributed by atoms with van der Waals surface area (Å²) in [6.07, 6.45) is 3.79. The number of amides is 1. The Kier molecular flexibility index (Phi) is 7.18. The van der Waals surface area contributed by atoms with Crippen LogP contribution in [0, 0.1) is 19.8 Å². The second-order valence-electron chi connectivity index (χ2n) is 8.28. The van der Waals surface area contributed by atoms with E-state index in [-0.39, 0.29) is 24.2 Å². The summed E-state index contributed by atoms with van der Waals surface area (Å²) in [7, 11) is -3.53. The molecule has 0 spiro atoms. The first kappa shape index (κ1) is 23.1. The smallest absolute Gasteiger partial charge is 0.243 e. The van der Waals surface area contributed by atoms with Crippen molar-refractivity contribution < 1.29 is 13.2 Å². The van der Waals surface area contributed by atoms with Crippen LogP contribution in [0.5, 0.6) is 0 Å². The van der Waals surface area contributed by atoms with E-state index in [1.165, 1.54) is 4.31 Å². The van der Waals surface area contributed by atoms with Gasteiger partial charge in [-0.1, -0.05) is 18.9 Å². The Morgan fingerprint density at radius 3 is 2.32 bits per heavy atom. The van der Waals surface area contributed by atoms with Gasteiger partial charge in [0.2, 0.25) is 15.9 Å². The molecule has 6 nitrogen and oxygen atoms in total. The molecule has 1 saturated heterocycles. The maximum absolute atomic E-state index is 13.0. The topological polar surface area (TPSA) is 83.7 Å². The summed E-state index contributed by atoms with van der Waals surface area (Å²) in [5, 5.41) is 0. The predicted octanol–water partition coefficient (Wildman–Crippen LogP) is 2.47. The number of sulfonamides is 1. The van der Waals surface area contributed by atoms with Gasteiger partial charge in [0.05, 0.1) is 10.8 Å². The van der Waals surface area contributed by atoms with Crippen LogP contribution in [0.25, 0.3) is 0 Å². The van der Waals surface area contributed by atoms with Crippen LogP contribution in [0.4, 0.5) is 0 Å². The number of nitrogens with two attached hydrogens (primary N) is 1. The number of halogens is 1. The highest BCUT2D eigenvalue weighted by molar-refractivity contribution is 7.89. The molecule has 1 heterocycles. The van der Waals surface area contributed by atoms with Crippen LogP contribution in [-0.2, 0) is 14.8 Å². The van der Waals surface area contributed by atoms with Gasteiger partial charge in [0.15, 0.2) is 0 Å². The Morgan fingerprint density at radius 1 is 1.11 bits per heavy atom. The molecule has 1 aromatic rings. The third-order valence-corrected chi connectivity index (χ3v) is 8.11. The van der Waals surface area contributed by atoms with Crippen molar-refractivity contribution in [3.05, 3.63) is 29.3 Å². The molecule has 2 unspecified atom stereocenters. The van der Waals surface area contributed by atoms with Crippen molar-refractivity contribution in [3.8, 4) is 0 Å². The minimum atomic E-state index is -3.53. The SMILES string of the molecule is Cc1ccc(S(=O)(=O)N2CCN(C(=O)C3CCCCC3(C)N)CC2)cc1C.Cl. The number of benzene rings is 1. The molecule has 0 radical (unpaired) electrons. The number of piperazine rings is 1. The lowest BCUT2D eigenvalue weighted by Crippen LogP contribution is -2.57. The van der Waals surface area contributed by atoms with Crippen molar-refractivity contribution in [2.45, 2.75) is 56.9 Å². The van der Waals surface area contributed by atoms with Crippen molar-refractivity contribution in [2.24, 2.45) is 11.7 Å². The number of carbonyl (C=O) groups is 1. The molecule has 1 saturated carbocycles. The van der Waals surface area contributed by atoms with Gasteiger partial charge in [-0.15, -0.1) is 12.4 Å². The Labute approximate surface area is 174 Å². The highest BCUT2D eigenvalue weighted by Crippen LogP contribution is 2.33. The fourth-order valence-electron chi connectivity index (χ4n) is 4.16. The highest BCUT2D eigenvalue weighted by atomic mass is 35.5. The zero-order valence-corrected chi connectivity index (χ0v) is 18.6. The lowest BCUT2D eigenvalue weighted by atomic mass is 9.74. The van der Waals surface area contributed by atoms with Gasteiger partial charge in [0.1, 0.15) is 0 Å². The highest BCUT2D eigenvalue weighted by Gasteiger charge is 2.41. The van der Waals surface area contributed by atoms with E-state index in [1.807, 2.05) is 26.8 Å². The zero-order chi connectivity index (χ0) is 19.8. The summed E-state index contributed by atoms with van der Waals surface area (Å²) in [6, 6.07) is 5.23. The van der Waals surface area contributed by atoms with Gasteiger partial charge < -0.3 is 10.6 Å². The Morgan fingerprint density at radius 2 is 1.75 bits per heavy atom. The van der Waals surface area contributed by atoms with Gasteiger partial charge in [0, 0.05) is 31.7 Å². The van der Waals surface area contributed by atoms with Crippen molar-refractivity contribution in [1.82, 2.24) is 9.21 Å². The van der Waals surface area contributed by atoms with Gasteiger partial charge in [-0.25, -0.2) is 8.42 Å². The summed E-state index contributed by atoms with van der Waals surface area (Å²) in [4.78, 5) is 15.1. The number of carbonyl (C=O) groups excluding carboxylic acids is 1. The Balaban J connectivity index is 0.00000280.